The van der Waals surface area contributed by atoms with Crippen molar-refractivity contribution in [2.24, 2.45) is 5.41 Å². The SMILES string of the molecule is CCCNC(CCc1ncc(C)c(OC)c1C)C(C)(C)C. The molecule has 120 valence electrons. The van der Waals surface area contributed by atoms with E-state index in [1.807, 2.05) is 13.1 Å². The van der Waals surface area contributed by atoms with Crippen molar-refractivity contribution in [1.29, 1.82) is 0 Å². The van der Waals surface area contributed by atoms with Crippen molar-refractivity contribution in [2.45, 2.75) is 66.8 Å². The lowest BCUT2D eigenvalue weighted by Crippen LogP contribution is -2.41. The Kier molecular flexibility index (Phi) is 6.66. The van der Waals surface area contributed by atoms with Crippen molar-refractivity contribution in [3.05, 3.63) is 23.0 Å². The average Bonchev–Trinajstić information content (AvgIpc) is 2.40. The Morgan fingerprint density at radius 3 is 2.48 bits per heavy atom. The molecule has 1 rings (SSSR count). The van der Waals surface area contributed by atoms with Crippen LogP contribution >= 0.6 is 0 Å². The van der Waals surface area contributed by atoms with Gasteiger partial charge < -0.3 is 10.1 Å². The van der Waals surface area contributed by atoms with Crippen LogP contribution in [0, 0.1) is 19.3 Å². The van der Waals surface area contributed by atoms with Crippen molar-refractivity contribution in [3.63, 3.8) is 0 Å². The third-order valence-corrected chi connectivity index (χ3v) is 4.11. The van der Waals surface area contributed by atoms with Gasteiger partial charge in [0.25, 0.3) is 0 Å². The molecule has 21 heavy (non-hydrogen) atoms. The largest absolute Gasteiger partial charge is 0.496 e. The Morgan fingerprint density at radius 1 is 1.29 bits per heavy atom. The molecule has 0 saturated carbocycles. The van der Waals surface area contributed by atoms with Crippen molar-refractivity contribution in [2.75, 3.05) is 13.7 Å². The zero-order valence-corrected chi connectivity index (χ0v) is 14.8. The zero-order chi connectivity index (χ0) is 16.0. The molecule has 3 heteroatoms. The first-order valence-electron chi connectivity index (χ1n) is 8.03. The van der Waals surface area contributed by atoms with Crippen LogP contribution in [-0.4, -0.2) is 24.7 Å². The van der Waals surface area contributed by atoms with Gasteiger partial charge >= 0.3 is 0 Å². The van der Waals surface area contributed by atoms with E-state index in [2.05, 4.69) is 44.9 Å². The van der Waals surface area contributed by atoms with Gasteiger partial charge in [-0.05, 0) is 45.1 Å². The fourth-order valence-electron chi connectivity index (χ4n) is 2.76. The summed E-state index contributed by atoms with van der Waals surface area (Å²) in [4.78, 5) is 4.61. The van der Waals surface area contributed by atoms with Crippen molar-refractivity contribution in [3.8, 4) is 5.75 Å². The molecule has 1 heterocycles. The Morgan fingerprint density at radius 2 is 1.95 bits per heavy atom. The quantitative estimate of drug-likeness (QED) is 0.823. The standard InChI is InChI=1S/C18H32N2O/c1-8-11-19-16(18(4,5)6)10-9-15-14(3)17(21-7)13(2)12-20-15/h12,16,19H,8-11H2,1-7H3. The molecular weight excluding hydrogens is 260 g/mol. The monoisotopic (exact) mass is 292 g/mol. The first kappa shape index (κ1) is 18.0. The molecule has 0 fully saturated rings. The molecular formula is C18H32N2O. The minimum atomic E-state index is 0.262. The Labute approximate surface area is 130 Å². The van der Waals surface area contributed by atoms with Crippen molar-refractivity contribution in [1.82, 2.24) is 10.3 Å². The summed E-state index contributed by atoms with van der Waals surface area (Å²) < 4.78 is 5.50. The highest BCUT2D eigenvalue weighted by Gasteiger charge is 2.24. The molecule has 0 radical (unpaired) electrons. The summed E-state index contributed by atoms with van der Waals surface area (Å²) in [5.41, 5.74) is 3.71. The topological polar surface area (TPSA) is 34.2 Å². The van der Waals surface area contributed by atoms with E-state index in [0.717, 1.165) is 36.4 Å². The maximum atomic E-state index is 5.50. The summed E-state index contributed by atoms with van der Waals surface area (Å²) in [7, 11) is 1.74. The maximum Gasteiger partial charge on any atom is 0.128 e. The second-order valence-electron chi connectivity index (χ2n) is 6.96. The smallest absolute Gasteiger partial charge is 0.128 e. The fourth-order valence-corrected chi connectivity index (χ4v) is 2.76. The van der Waals surface area contributed by atoms with Crippen LogP contribution in [0.3, 0.4) is 0 Å². The van der Waals surface area contributed by atoms with Gasteiger partial charge in [-0.3, -0.25) is 4.98 Å². The number of ether oxygens (including phenoxy) is 1. The van der Waals surface area contributed by atoms with E-state index in [9.17, 15) is 0 Å². The second kappa shape index (κ2) is 7.79. The highest BCUT2D eigenvalue weighted by molar-refractivity contribution is 5.41. The van der Waals surface area contributed by atoms with Crippen molar-refractivity contribution < 1.29 is 4.74 Å². The molecule has 0 bridgehead atoms. The summed E-state index contributed by atoms with van der Waals surface area (Å²) >= 11 is 0. The van der Waals surface area contributed by atoms with Crippen LogP contribution < -0.4 is 10.1 Å². The lowest BCUT2D eigenvalue weighted by molar-refractivity contribution is 0.254. The van der Waals surface area contributed by atoms with Gasteiger partial charge in [-0.1, -0.05) is 27.7 Å². The lowest BCUT2D eigenvalue weighted by Gasteiger charge is -2.32. The average molecular weight is 292 g/mol. The predicted octanol–water partition coefficient (Wildman–Crippen LogP) is 4.05. The molecule has 0 aromatic carbocycles. The summed E-state index contributed by atoms with van der Waals surface area (Å²) in [6, 6.07) is 0.506. The number of methoxy groups -OCH3 is 1. The second-order valence-corrected chi connectivity index (χ2v) is 6.96. The maximum absolute atomic E-state index is 5.50. The number of aryl methyl sites for hydroxylation is 2. The van der Waals surface area contributed by atoms with Crippen molar-refractivity contribution >= 4 is 0 Å². The van der Waals surface area contributed by atoms with Gasteiger partial charge in [-0.2, -0.15) is 0 Å². The minimum Gasteiger partial charge on any atom is -0.496 e. The molecule has 0 amide bonds. The number of aromatic nitrogens is 1. The molecule has 1 atom stereocenters. The number of hydrogen-bond acceptors (Lipinski definition) is 3. The van der Waals surface area contributed by atoms with Gasteiger partial charge in [0.15, 0.2) is 0 Å². The number of hydrogen-bond donors (Lipinski definition) is 1. The molecule has 0 spiro atoms. The van der Waals surface area contributed by atoms with Crippen LogP contribution in [0.2, 0.25) is 0 Å². The van der Waals surface area contributed by atoms with E-state index < -0.39 is 0 Å². The van der Waals surface area contributed by atoms with Gasteiger partial charge in [0.2, 0.25) is 0 Å². The van der Waals surface area contributed by atoms with Crippen LogP contribution in [0.4, 0.5) is 0 Å². The zero-order valence-electron chi connectivity index (χ0n) is 14.8. The number of nitrogens with zero attached hydrogens (tertiary/aromatic N) is 1. The third kappa shape index (κ3) is 4.99. The Bertz CT molecular complexity index is 449. The van der Waals surface area contributed by atoms with E-state index in [0.29, 0.717) is 6.04 Å². The fraction of sp³-hybridized carbons (Fsp3) is 0.722. The lowest BCUT2D eigenvalue weighted by atomic mass is 9.83. The summed E-state index contributed by atoms with van der Waals surface area (Å²) in [5.74, 6) is 0.980. The molecule has 0 aliphatic rings. The highest BCUT2D eigenvalue weighted by Crippen LogP contribution is 2.27. The van der Waals surface area contributed by atoms with E-state index in [-0.39, 0.29) is 5.41 Å². The molecule has 1 aromatic rings. The highest BCUT2D eigenvalue weighted by atomic mass is 16.5. The minimum absolute atomic E-state index is 0.262. The molecule has 0 aliphatic carbocycles. The predicted molar refractivity (Wildman–Crippen MR) is 90.1 cm³/mol. The summed E-state index contributed by atoms with van der Waals surface area (Å²) in [6.07, 6.45) is 5.18. The van der Waals surface area contributed by atoms with E-state index in [4.69, 9.17) is 4.74 Å². The number of rotatable bonds is 7. The molecule has 3 nitrogen and oxygen atoms in total. The first-order valence-corrected chi connectivity index (χ1v) is 8.03. The van der Waals surface area contributed by atoms with Gasteiger partial charge in [-0.15, -0.1) is 0 Å². The van der Waals surface area contributed by atoms with Crippen LogP contribution in [0.25, 0.3) is 0 Å². The molecule has 0 aliphatic heterocycles. The van der Waals surface area contributed by atoms with Gasteiger partial charge in [0.05, 0.1) is 7.11 Å². The normalized spacial score (nSPS) is 13.3. The van der Waals surface area contributed by atoms with E-state index in [1.165, 1.54) is 12.0 Å². The van der Waals surface area contributed by atoms with Crippen LogP contribution in [-0.2, 0) is 6.42 Å². The van der Waals surface area contributed by atoms with Gasteiger partial charge in [0, 0.05) is 29.1 Å². The first-order chi connectivity index (χ1) is 9.81. The van der Waals surface area contributed by atoms with E-state index >= 15 is 0 Å². The van der Waals surface area contributed by atoms with Crippen LogP contribution in [0.15, 0.2) is 6.20 Å². The Balaban J connectivity index is 2.81. The molecule has 0 saturated heterocycles. The van der Waals surface area contributed by atoms with Crippen LogP contribution in [0.5, 0.6) is 5.75 Å². The van der Waals surface area contributed by atoms with E-state index in [1.54, 1.807) is 7.11 Å². The Hall–Kier alpha value is -1.09. The summed E-state index contributed by atoms with van der Waals surface area (Å²) in [5, 5.41) is 3.68. The molecule has 1 unspecified atom stereocenters. The summed E-state index contributed by atoms with van der Waals surface area (Å²) in [6.45, 7) is 14.3. The van der Waals surface area contributed by atoms with Gasteiger partial charge in [-0.25, -0.2) is 0 Å². The third-order valence-electron chi connectivity index (χ3n) is 4.11. The van der Waals surface area contributed by atoms with Crippen LogP contribution in [0.1, 0.15) is 57.4 Å². The number of nitrogens with one attached hydrogen (secondary N) is 1. The molecule has 1 aromatic heterocycles. The number of pyridine rings is 1. The molecule has 1 N–H and O–H groups in total. The van der Waals surface area contributed by atoms with Gasteiger partial charge in [0.1, 0.15) is 5.75 Å².